The maximum absolute atomic E-state index is 5.36. The maximum atomic E-state index is 5.36. The molecule has 0 bridgehead atoms. The molecule has 0 aromatic carbocycles. The van der Waals surface area contributed by atoms with Gasteiger partial charge in [0.15, 0.2) is 0 Å². The van der Waals surface area contributed by atoms with E-state index in [0.717, 1.165) is 23.5 Å². The topological polar surface area (TPSA) is 64.7 Å². The van der Waals surface area contributed by atoms with E-state index in [1.807, 2.05) is 45.3 Å². The minimum Gasteiger partial charge on any atom is -0.326 e. The van der Waals surface area contributed by atoms with Gasteiger partial charge in [0, 0.05) is 36.2 Å². The average molecular weight is 316 g/mol. The standard InChI is InChI=1S/C10H16N2.C7H10N2.C2H6/c1-5-8-6-11-9(12-7-8)10(2,3)4;1-6-2-3-7(4-8)5-9-6;1-2/h6-7H,5H2,1-4H3;2-3,5H,4,8H2,1H3;1-2H3. The Hall–Kier alpha value is -1.81. The van der Waals surface area contributed by atoms with Crippen molar-refractivity contribution in [1.29, 1.82) is 0 Å². The van der Waals surface area contributed by atoms with Gasteiger partial charge < -0.3 is 5.73 Å². The highest BCUT2D eigenvalue weighted by atomic mass is 14.9. The van der Waals surface area contributed by atoms with Gasteiger partial charge in [-0.15, -0.1) is 0 Å². The van der Waals surface area contributed by atoms with Gasteiger partial charge >= 0.3 is 0 Å². The lowest BCUT2D eigenvalue weighted by atomic mass is 9.96. The third kappa shape index (κ3) is 8.41. The van der Waals surface area contributed by atoms with E-state index in [1.165, 1.54) is 5.56 Å². The van der Waals surface area contributed by atoms with Gasteiger partial charge in [0.2, 0.25) is 0 Å². The fraction of sp³-hybridized carbons (Fsp3) is 0.526. The van der Waals surface area contributed by atoms with Gasteiger partial charge in [-0.05, 0) is 30.5 Å². The maximum Gasteiger partial charge on any atom is 0.133 e. The highest BCUT2D eigenvalue weighted by Crippen LogP contribution is 2.16. The number of nitrogens with zero attached hydrogens (tertiary/aromatic N) is 3. The molecule has 2 heterocycles. The zero-order valence-corrected chi connectivity index (χ0v) is 15.7. The quantitative estimate of drug-likeness (QED) is 0.901. The summed E-state index contributed by atoms with van der Waals surface area (Å²) in [6.07, 6.45) is 6.63. The van der Waals surface area contributed by atoms with E-state index in [0.29, 0.717) is 6.54 Å². The molecule has 0 spiro atoms. The van der Waals surface area contributed by atoms with Crippen LogP contribution in [0.1, 0.15) is 64.2 Å². The minimum absolute atomic E-state index is 0.0618. The molecular weight excluding hydrogens is 284 g/mol. The zero-order valence-electron chi connectivity index (χ0n) is 15.7. The normalized spacial score (nSPS) is 10.1. The highest BCUT2D eigenvalue weighted by Gasteiger charge is 2.16. The molecule has 0 saturated heterocycles. The van der Waals surface area contributed by atoms with Crippen molar-refractivity contribution in [1.82, 2.24) is 15.0 Å². The Labute approximate surface area is 141 Å². The van der Waals surface area contributed by atoms with Crippen molar-refractivity contribution >= 4 is 0 Å². The molecule has 2 rings (SSSR count). The van der Waals surface area contributed by atoms with E-state index in [4.69, 9.17) is 5.73 Å². The minimum atomic E-state index is 0.0618. The largest absolute Gasteiger partial charge is 0.326 e. The fourth-order valence-corrected chi connectivity index (χ4v) is 1.54. The van der Waals surface area contributed by atoms with E-state index in [1.54, 1.807) is 6.20 Å². The van der Waals surface area contributed by atoms with Gasteiger partial charge in [-0.1, -0.05) is 47.6 Å². The zero-order chi connectivity index (χ0) is 17.9. The van der Waals surface area contributed by atoms with E-state index in [2.05, 4.69) is 42.6 Å². The van der Waals surface area contributed by atoms with Crippen LogP contribution in [0, 0.1) is 6.92 Å². The summed E-state index contributed by atoms with van der Waals surface area (Å²) >= 11 is 0. The molecule has 0 radical (unpaired) electrons. The van der Waals surface area contributed by atoms with Crippen molar-refractivity contribution in [3.05, 3.63) is 53.4 Å². The lowest BCUT2D eigenvalue weighted by Crippen LogP contribution is -2.15. The van der Waals surface area contributed by atoms with E-state index in [-0.39, 0.29) is 5.41 Å². The van der Waals surface area contributed by atoms with Gasteiger partial charge in [-0.25, -0.2) is 9.97 Å². The predicted molar refractivity (Wildman–Crippen MR) is 98.3 cm³/mol. The molecule has 0 fully saturated rings. The third-order valence-electron chi connectivity index (χ3n) is 2.99. The summed E-state index contributed by atoms with van der Waals surface area (Å²) in [5.74, 6) is 0.916. The number of rotatable bonds is 2. The second-order valence-electron chi connectivity index (χ2n) is 6.03. The van der Waals surface area contributed by atoms with Crippen LogP contribution in [0.5, 0.6) is 0 Å². The molecular formula is C19H32N4. The Balaban J connectivity index is 0.000000392. The molecule has 23 heavy (non-hydrogen) atoms. The third-order valence-corrected chi connectivity index (χ3v) is 2.99. The number of hydrogen-bond donors (Lipinski definition) is 1. The summed E-state index contributed by atoms with van der Waals surface area (Å²) < 4.78 is 0. The first kappa shape index (κ1) is 21.2. The molecule has 128 valence electrons. The molecule has 0 atom stereocenters. The molecule has 0 aliphatic carbocycles. The van der Waals surface area contributed by atoms with Crippen molar-refractivity contribution < 1.29 is 0 Å². The summed E-state index contributed by atoms with van der Waals surface area (Å²) in [6, 6.07) is 3.95. The number of hydrogen-bond acceptors (Lipinski definition) is 4. The Bertz CT molecular complexity index is 525. The summed E-state index contributed by atoms with van der Waals surface area (Å²) in [6.45, 7) is 15.0. The lowest BCUT2D eigenvalue weighted by molar-refractivity contribution is 0.544. The predicted octanol–water partition coefficient (Wildman–Crippen LogP) is 4.21. The molecule has 0 aliphatic rings. The fourth-order valence-electron chi connectivity index (χ4n) is 1.54. The van der Waals surface area contributed by atoms with Crippen molar-refractivity contribution in [2.75, 3.05) is 0 Å². The average Bonchev–Trinajstić information content (AvgIpc) is 2.57. The van der Waals surface area contributed by atoms with Crippen LogP contribution < -0.4 is 5.73 Å². The molecule has 2 aromatic rings. The number of nitrogens with two attached hydrogens (primary N) is 1. The van der Waals surface area contributed by atoms with Crippen LogP contribution in [0.15, 0.2) is 30.7 Å². The molecule has 2 aromatic heterocycles. The molecule has 0 unspecified atom stereocenters. The van der Waals surface area contributed by atoms with Crippen LogP contribution in [0.3, 0.4) is 0 Å². The van der Waals surface area contributed by atoms with Crippen molar-refractivity contribution in [2.45, 2.75) is 66.8 Å². The molecule has 4 heteroatoms. The van der Waals surface area contributed by atoms with Crippen molar-refractivity contribution in [3.8, 4) is 0 Å². The molecule has 0 amide bonds. The van der Waals surface area contributed by atoms with Crippen LogP contribution in [0.2, 0.25) is 0 Å². The molecule has 4 nitrogen and oxygen atoms in total. The lowest BCUT2D eigenvalue weighted by Gasteiger charge is -2.15. The summed E-state index contributed by atoms with van der Waals surface area (Å²) in [4.78, 5) is 12.7. The van der Waals surface area contributed by atoms with Crippen LogP contribution in [-0.2, 0) is 18.4 Å². The van der Waals surface area contributed by atoms with Crippen LogP contribution in [0.25, 0.3) is 0 Å². The van der Waals surface area contributed by atoms with Crippen LogP contribution in [-0.4, -0.2) is 15.0 Å². The highest BCUT2D eigenvalue weighted by molar-refractivity contribution is 5.12. The molecule has 0 saturated carbocycles. The van der Waals surface area contributed by atoms with Gasteiger partial charge in [0.25, 0.3) is 0 Å². The number of aromatic nitrogens is 3. The summed E-state index contributed by atoms with van der Waals surface area (Å²) in [5.41, 5.74) is 8.74. The Morgan fingerprint density at radius 1 is 0.913 bits per heavy atom. The molecule has 0 aliphatic heterocycles. The Morgan fingerprint density at radius 3 is 1.78 bits per heavy atom. The van der Waals surface area contributed by atoms with E-state index >= 15 is 0 Å². The Kier molecular flexibility index (Phi) is 9.99. The first-order chi connectivity index (χ1) is 10.9. The smallest absolute Gasteiger partial charge is 0.133 e. The number of aryl methyl sites for hydroxylation is 2. The van der Waals surface area contributed by atoms with Gasteiger partial charge in [0.05, 0.1) is 0 Å². The monoisotopic (exact) mass is 316 g/mol. The SMILES string of the molecule is CC.CCc1cnc(C(C)(C)C)nc1.Cc1ccc(CN)cn1. The second kappa shape index (κ2) is 10.8. The van der Waals surface area contributed by atoms with Crippen LogP contribution in [0.4, 0.5) is 0 Å². The second-order valence-corrected chi connectivity index (χ2v) is 6.03. The van der Waals surface area contributed by atoms with Crippen LogP contribution >= 0.6 is 0 Å². The summed E-state index contributed by atoms with van der Waals surface area (Å²) in [5, 5.41) is 0. The van der Waals surface area contributed by atoms with Gasteiger partial charge in [-0.2, -0.15) is 0 Å². The van der Waals surface area contributed by atoms with Crippen molar-refractivity contribution in [3.63, 3.8) is 0 Å². The Morgan fingerprint density at radius 2 is 1.43 bits per heavy atom. The number of pyridine rings is 1. The van der Waals surface area contributed by atoms with E-state index in [9.17, 15) is 0 Å². The first-order valence-electron chi connectivity index (χ1n) is 8.29. The van der Waals surface area contributed by atoms with Crippen molar-refractivity contribution in [2.24, 2.45) is 5.73 Å². The summed E-state index contributed by atoms with van der Waals surface area (Å²) in [7, 11) is 0. The van der Waals surface area contributed by atoms with Gasteiger partial charge in [0.1, 0.15) is 5.82 Å². The molecule has 2 N–H and O–H groups in total. The van der Waals surface area contributed by atoms with E-state index < -0.39 is 0 Å². The van der Waals surface area contributed by atoms with Gasteiger partial charge in [-0.3, -0.25) is 4.98 Å². The first-order valence-corrected chi connectivity index (χ1v) is 8.29.